The average Bonchev–Trinajstić information content (AvgIpc) is 3.32. The van der Waals surface area contributed by atoms with Crippen LogP contribution in [0.25, 0.3) is 0 Å². The predicted octanol–water partition coefficient (Wildman–Crippen LogP) is 0.271. The molecule has 9 rings (SSSR count). The van der Waals surface area contributed by atoms with Crippen LogP contribution in [-0.2, 0) is 42.7 Å². The van der Waals surface area contributed by atoms with Crippen LogP contribution < -0.4 is 0 Å². The Hall–Kier alpha value is -1.51. The average molecular weight is 1030 g/mol. The minimum Gasteiger partial charge on any atom is -0.432 e. The van der Waals surface area contributed by atoms with Crippen LogP contribution in [0.15, 0.2) is 11.6 Å². The molecule has 0 aromatic carbocycles. The molecule has 0 radical (unpaired) electrons. The lowest BCUT2D eigenvalue weighted by Gasteiger charge is -2.71. The number of carbonyl (C=O) groups excluding carboxylic acids is 1. The lowest BCUT2D eigenvalue weighted by molar-refractivity contribution is -0.367. The van der Waals surface area contributed by atoms with Gasteiger partial charge < -0.3 is 94.1 Å². The number of fused-ring (bicyclic) bond motifs is 7. The maximum Gasteiger partial charge on any atom is 0.315 e. The van der Waals surface area contributed by atoms with E-state index in [4.69, 9.17) is 37.9 Å². The summed E-state index contributed by atoms with van der Waals surface area (Å²) in [7, 11) is 0. The zero-order valence-electron chi connectivity index (χ0n) is 43.1. The van der Waals surface area contributed by atoms with Crippen LogP contribution in [0, 0.1) is 50.2 Å². The largest absolute Gasteiger partial charge is 0.432 e. The van der Waals surface area contributed by atoms with Crippen LogP contribution in [0.4, 0.5) is 0 Å². The van der Waals surface area contributed by atoms with Crippen LogP contribution in [0.3, 0.4) is 0 Å². The Balaban J connectivity index is 0.870. The first-order valence-electron chi connectivity index (χ1n) is 26.5. The highest BCUT2D eigenvalue weighted by Crippen LogP contribution is 2.76. The van der Waals surface area contributed by atoms with Gasteiger partial charge in [0, 0.05) is 0 Å². The summed E-state index contributed by atoms with van der Waals surface area (Å²) in [4.78, 5) is 14.7. The van der Waals surface area contributed by atoms with Crippen molar-refractivity contribution >= 4 is 5.97 Å². The van der Waals surface area contributed by atoms with Crippen molar-refractivity contribution in [1.29, 1.82) is 0 Å². The Morgan fingerprint density at radius 3 is 2.00 bits per heavy atom. The van der Waals surface area contributed by atoms with Gasteiger partial charge in [-0.3, -0.25) is 4.79 Å². The van der Waals surface area contributed by atoms with Crippen LogP contribution >= 0.6 is 0 Å². The van der Waals surface area contributed by atoms with E-state index in [2.05, 4.69) is 54.5 Å². The van der Waals surface area contributed by atoms with Crippen LogP contribution in [0.1, 0.15) is 120 Å². The summed E-state index contributed by atoms with van der Waals surface area (Å²) in [6.07, 6.45) is -16.4. The second-order valence-corrected chi connectivity index (χ2v) is 25.4. The quantitative estimate of drug-likeness (QED) is 0.0839. The Kier molecular flexibility index (Phi) is 15.2. The number of ether oxygens (including phenoxy) is 8. The summed E-state index contributed by atoms with van der Waals surface area (Å²) in [5.74, 6) is -0.0937. The summed E-state index contributed by atoms with van der Waals surface area (Å²) < 4.78 is 47.3. The summed E-state index contributed by atoms with van der Waals surface area (Å²) in [6.45, 7) is 16.5. The minimum absolute atomic E-state index is 0.0511. The van der Waals surface area contributed by atoms with Crippen molar-refractivity contribution in [2.45, 2.75) is 236 Å². The molecule has 0 unspecified atom stereocenters. The van der Waals surface area contributed by atoms with Crippen LogP contribution in [0.5, 0.6) is 0 Å². The van der Waals surface area contributed by atoms with Gasteiger partial charge in [0.2, 0.25) is 6.29 Å². The first kappa shape index (κ1) is 55.3. The molecule has 20 nitrogen and oxygen atoms in total. The smallest absolute Gasteiger partial charge is 0.315 e. The zero-order valence-corrected chi connectivity index (χ0v) is 43.1. The van der Waals surface area contributed by atoms with E-state index >= 15 is 0 Å². The van der Waals surface area contributed by atoms with Crippen molar-refractivity contribution in [3.63, 3.8) is 0 Å². The molecule has 0 spiro atoms. The Morgan fingerprint density at radius 1 is 0.639 bits per heavy atom. The lowest BCUT2D eigenvalue weighted by Crippen LogP contribution is -2.66. The minimum atomic E-state index is -1.68. The van der Waals surface area contributed by atoms with Gasteiger partial charge >= 0.3 is 5.97 Å². The second-order valence-electron chi connectivity index (χ2n) is 25.4. The Morgan fingerprint density at radius 2 is 1.29 bits per heavy atom. The van der Waals surface area contributed by atoms with Crippen LogP contribution in [0.2, 0.25) is 0 Å². The third-order valence-electron chi connectivity index (χ3n) is 20.6. The highest BCUT2D eigenvalue weighted by molar-refractivity contribution is 5.79. The van der Waals surface area contributed by atoms with Gasteiger partial charge in [0.15, 0.2) is 18.9 Å². The van der Waals surface area contributed by atoms with Gasteiger partial charge in [0.1, 0.15) is 79.4 Å². The van der Waals surface area contributed by atoms with Crippen molar-refractivity contribution in [2.24, 2.45) is 50.2 Å². The molecule has 11 N–H and O–H groups in total. The first-order chi connectivity index (χ1) is 33.7. The number of allylic oxidation sites excluding steroid dienone is 2. The first-order valence-corrected chi connectivity index (χ1v) is 26.5. The highest BCUT2D eigenvalue weighted by Gasteiger charge is 2.70. The highest BCUT2D eigenvalue weighted by atomic mass is 16.8. The maximum absolute atomic E-state index is 14.7. The molecular formula is C52H84O20. The third-order valence-corrected chi connectivity index (χ3v) is 20.6. The molecule has 9 aliphatic rings. The molecule has 0 amide bonds. The van der Waals surface area contributed by atoms with E-state index in [1.165, 1.54) is 12.5 Å². The van der Waals surface area contributed by atoms with Gasteiger partial charge in [0.05, 0.1) is 37.4 Å². The standard InChI is InChI=1S/C52H84O20/c1-23-32(55)41(71-43-37(60)33(56)26(54)21-65-43)40(63)45(67-23)69-28-22-66-42(38(61)35(28)58)70-31-12-13-49(6)29(48(31,4)5)11-14-51(8)30(49)10-9-24-25-19-47(2,3)15-17-52(25,18-16-50(24,51)7)46(64)72-44-39(62)36(59)34(57)27(20-53)68-44/h9,23,25-45,53-63H,10-22H2,1-8H3/t23-,25+,26-,27-,28-,29+,30-,31+,32-,33+,34-,35+,36+,37-,38-,39-,40+,41+,42+,43+,44+,45+,49+,50-,51-,52+/m1/s1. The summed E-state index contributed by atoms with van der Waals surface area (Å²) in [5.41, 5.74) is -0.502. The topological polar surface area (TPSA) is 313 Å². The second kappa shape index (κ2) is 19.7. The molecule has 0 aromatic rings. The fourth-order valence-electron chi connectivity index (χ4n) is 15.9. The number of hydrogen-bond acceptors (Lipinski definition) is 20. The summed E-state index contributed by atoms with van der Waals surface area (Å²) >= 11 is 0. The van der Waals surface area contributed by atoms with E-state index in [9.17, 15) is 61.0 Å². The number of carbonyl (C=O) groups is 1. The van der Waals surface area contributed by atoms with Gasteiger partial charge in [-0.2, -0.15) is 0 Å². The molecule has 0 aromatic heterocycles. The SMILES string of the molecule is C[C@H]1O[C@@H](O[C@@H]2CO[C@@H](O[C@H]3CC[C@]4(C)[C@H]5CC=C6[C@@H]7CC(C)(C)CC[C@]7(C(=O)O[C@@H]7O[C@H](CO)[C@@H](O)[C@H](O)[C@H]7O)CC[C@@]6(C)[C@]5(C)CC[C@H]4C3(C)C)[C@H](O)[C@H]2O)[C@@H](O)[C@@H](O[C@@H]2OC[C@@H](O)[C@H](O)[C@H]2O)[C@@H]1O. The monoisotopic (exact) mass is 1030 g/mol. The van der Waals surface area contributed by atoms with Gasteiger partial charge in [-0.1, -0.05) is 60.1 Å². The molecule has 5 aliphatic carbocycles. The van der Waals surface area contributed by atoms with Gasteiger partial charge in [-0.05, 0) is 116 Å². The van der Waals surface area contributed by atoms with E-state index in [1.54, 1.807) is 0 Å². The summed E-state index contributed by atoms with van der Waals surface area (Å²) in [5, 5.41) is 117. The molecule has 72 heavy (non-hydrogen) atoms. The molecule has 20 heteroatoms. The van der Waals surface area contributed by atoms with Crippen LogP contribution in [-0.4, -0.2) is 199 Å². The lowest BCUT2D eigenvalue weighted by atomic mass is 9.33. The molecule has 4 heterocycles. The van der Waals surface area contributed by atoms with Crippen molar-refractivity contribution in [1.82, 2.24) is 0 Å². The normalized spacial score (nSPS) is 54.2. The molecule has 4 saturated carbocycles. The van der Waals surface area contributed by atoms with E-state index in [1.807, 2.05) is 0 Å². The number of hydrogen-bond donors (Lipinski definition) is 11. The van der Waals surface area contributed by atoms with Crippen molar-refractivity contribution in [2.75, 3.05) is 19.8 Å². The molecule has 4 aliphatic heterocycles. The van der Waals surface area contributed by atoms with Gasteiger partial charge in [-0.15, -0.1) is 0 Å². The molecule has 26 atom stereocenters. The summed E-state index contributed by atoms with van der Waals surface area (Å²) in [6, 6.07) is 0. The van der Waals surface area contributed by atoms with E-state index in [0.717, 1.165) is 44.9 Å². The van der Waals surface area contributed by atoms with E-state index < -0.39 is 129 Å². The number of aliphatic hydroxyl groups is 11. The molecule has 8 fully saturated rings. The Bertz CT molecular complexity index is 1990. The molecule has 4 saturated heterocycles. The van der Waals surface area contributed by atoms with E-state index in [0.29, 0.717) is 25.2 Å². The fraction of sp³-hybridized carbons (Fsp3) is 0.942. The molecule has 412 valence electrons. The van der Waals surface area contributed by atoms with Gasteiger partial charge in [0.25, 0.3) is 0 Å². The van der Waals surface area contributed by atoms with Gasteiger partial charge in [-0.25, -0.2) is 0 Å². The number of rotatable bonds is 9. The number of esters is 1. The predicted molar refractivity (Wildman–Crippen MR) is 249 cm³/mol. The maximum atomic E-state index is 14.7. The molecular weight excluding hydrogens is 945 g/mol. The van der Waals surface area contributed by atoms with E-state index in [-0.39, 0.29) is 58.2 Å². The Labute approximate surface area is 421 Å². The number of aliphatic hydroxyl groups excluding tert-OH is 11. The zero-order chi connectivity index (χ0) is 52.4. The van der Waals surface area contributed by atoms with Crippen molar-refractivity contribution in [3.8, 4) is 0 Å². The molecule has 0 bridgehead atoms. The fourth-order valence-corrected chi connectivity index (χ4v) is 15.9. The third kappa shape index (κ3) is 8.87. The van der Waals surface area contributed by atoms with Crippen molar-refractivity contribution < 1.29 is 98.9 Å². The van der Waals surface area contributed by atoms with Crippen molar-refractivity contribution in [3.05, 3.63) is 11.6 Å².